The Labute approximate surface area is 258 Å². The van der Waals surface area contributed by atoms with Crippen molar-refractivity contribution in [3.05, 3.63) is 47.0 Å². The zero-order valence-electron chi connectivity index (χ0n) is 25.7. The van der Waals surface area contributed by atoms with E-state index in [1.807, 2.05) is 6.07 Å². The largest absolute Gasteiger partial charge is 0.493 e. The second-order valence-electron chi connectivity index (χ2n) is 11.5. The van der Waals surface area contributed by atoms with Gasteiger partial charge in [-0.25, -0.2) is 9.59 Å². The predicted molar refractivity (Wildman–Crippen MR) is 164 cm³/mol. The Kier molecular flexibility index (Phi) is 11.0. The number of hydrogen-bond acceptors (Lipinski definition) is 10. The van der Waals surface area contributed by atoms with Crippen molar-refractivity contribution in [1.29, 1.82) is 0 Å². The lowest BCUT2D eigenvalue weighted by Crippen LogP contribution is -2.34. The summed E-state index contributed by atoms with van der Waals surface area (Å²) >= 11 is 0. The molecule has 3 unspecified atom stereocenters. The molecule has 2 aromatic carbocycles. The molecule has 1 saturated heterocycles. The first kappa shape index (κ1) is 31.6. The van der Waals surface area contributed by atoms with E-state index in [1.165, 1.54) is 14.2 Å². The molecule has 0 radical (unpaired) electrons. The van der Waals surface area contributed by atoms with E-state index >= 15 is 0 Å². The number of carbonyl (C=O) groups excluding carboxylic acids is 3. The normalized spacial score (nSPS) is 23.3. The van der Waals surface area contributed by atoms with Gasteiger partial charge in [-0.1, -0.05) is 0 Å². The van der Waals surface area contributed by atoms with E-state index in [0.29, 0.717) is 73.7 Å². The number of carbonyl (C=O) groups is 3. The zero-order valence-corrected chi connectivity index (χ0v) is 25.7. The maximum Gasteiger partial charge on any atom is 0.338 e. The molecule has 1 N–H and O–H groups in total. The summed E-state index contributed by atoms with van der Waals surface area (Å²) < 4.78 is 28.8. The minimum absolute atomic E-state index is 0.0119. The average molecular weight is 610 g/mol. The molecule has 0 aliphatic carbocycles. The third-order valence-electron chi connectivity index (χ3n) is 8.42. The Balaban J connectivity index is 1.31. The van der Waals surface area contributed by atoms with Crippen LogP contribution in [0.1, 0.15) is 64.8 Å². The number of benzene rings is 2. The lowest BCUT2D eigenvalue weighted by atomic mass is 10.0. The zero-order chi connectivity index (χ0) is 30.9. The number of methoxy groups -OCH3 is 2. The van der Waals surface area contributed by atoms with Gasteiger partial charge in [0, 0.05) is 38.3 Å². The Morgan fingerprint density at radius 2 is 1.61 bits per heavy atom. The topological polar surface area (TPSA) is 116 Å². The van der Waals surface area contributed by atoms with Crippen LogP contribution in [0.3, 0.4) is 0 Å². The van der Waals surface area contributed by atoms with Gasteiger partial charge in [-0.3, -0.25) is 4.79 Å². The molecule has 0 spiro atoms. The van der Waals surface area contributed by atoms with Crippen LogP contribution in [-0.2, 0) is 20.7 Å². The minimum atomic E-state index is -0.438. The fourth-order valence-corrected chi connectivity index (χ4v) is 5.97. The van der Waals surface area contributed by atoms with Crippen LogP contribution in [0, 0.1) is 0 Å². The fraction of sp³-hybridized carbons (Fsp3) is 0.545. The molecule has 5 rings (SSSR count). The van der Waals surface area contributed by atoms with Crippen molar-refractivity contribution >= 4 is 23.5 Å². The summed E-state index contributed by atoms with van der Waals surface area (Å²) in [5, 5.41) is 2.86. The lowest BCUT2D eigenvalue weighted by Gasteiger charge is -2.25. The molecule has 3 atom stereocenters. The number of anilines is 1. The van der Waals surface area contributed by atoms with Crippen molar-refractivity contribution in [3.63, 3.8) is 0 Å². The smallest absolute Gasteiger partial charge is 0.338 e. The van der Waals surface area contributed by atoms with Crippen LogP contribution in [0.25, 0.3) is 0 Å². The number of esters is 2. The number of fused-ring (bicyclic) bond motifs is 6. The number of cyclic esters (lactones) is 1. The summed E-state index contributed by atoms with van der Waals surface area (Å²) in [7, 11) is 3.04. The van der Waals surface area contributed by atoms with Crippen LogP contribution in [0.5, 0.6) is 17.2 Å². The molecule has 1 fully saturated rings. The fourth-order valence-electron chi connectivity index (χ4n) is 5.97. The highest BCUT2D eigenvalue weighted by Gasteiger charge is 2.23. The molecular formula is C33H43N3O8. The SMILES string of the molecule is COc1cc2cc(c1OC)OCCCC(OC(=O)c1ccc3c(c1)CCC(=O)N3)CCN1CCCN(CCCOC2=O)CC1. The summed E-state index contributed by atoms with van der Waals surface area (Å²) in [5.74, 6) is 0.351. The van der Waals surface area contributed by atoms with E-state index < -0.39 is 5.97 Å². The monoisotopic (exact) mass is 609 g/mol. The van der Waals surface area contributed by atoms with Gasteiger partial charge in [-0.05, 0) is 87.5 Å². The van der Waals surface area contributed by atoms with Gasteiger partial charge in [-0.2, -0.15) is 0 Å². The quantitative estimate of drug-likeness (QED) is 0.512. The average Bonchev–Trinajstić information content (AvgIpc) is 3.27. The number of ether oxygens (including phenoxy) is 5. The summed E-state index contributed by atoms with van der Waals surface area (Å²) in [5.41, 5.74) is 2.51. The minimum Gasteiger partial charge on any atom is -0.493 e. The predicted octanol–water partition coefficient (Wildman–Crippen LogP) is 3.93. The van der Waals surface area contributed by atoms with Gasteiger partial charge in [0.2, 0.25) is 11.7 Å². The summed E-state index contributed by atoms with van der Waals surface area (Å²) in [6.07, 6.45) is 4.43. The third-order valence-corrected chi connectivity index (χ3v) is 8.42. The number of hydrogen-bond donors (Lipinski definition) is 1. The first-order valence-corrected chi connectivity index (χ1v) is 15.6. The number of aryl methyl sites for hydroxylation is 1. The van der Waals surface area contributed by atoms with E-state index in [-0.39, 0.29) is 18.0 Å². The second kappa shape index (κ2) is 15.3. The molecule has 0 aromatic heterocycles. The van der Waals surface area contributed by atoms with Crippen molar-refractivity contribution in [1.82, 2.24) is 9.80 Å². The van der Waals surface area contributed by atoms with Crippen LogP contribution in [0.4, 0.5) is 5.69 Å². The number of nitrogens with zero attached hydrogens (tertiary/aromatic N) is 2. The highest BCUT2D eigenvalue weighted by molar-refractivity contribution is 5.96. The highest BCUT2D eigenvalue weighted by Crippen LogP contribution is 2.39. The van der Waals surface area contributed by atoms with E-state index in [2.05, 4.69) is 15.1 Å². The maximum absolute atomic E-state index is 13.3. The highest BCUT2D eigenvalue weighted by atomic mass is 16.5. The molecule has 11 heteroatoms. The second-order valence-corrected chi connectivity index (χ2v) is 11.5. The maximum atomic E-state index is 13.3. The summed E-state index contributed by atoms with van der Waals surface area (Å²) in [6.45, 7) is 6.20. The van der Waals surface area contributed by atoms with Crippen LogP contribution in [-0.4, -0.2) is 100 Å². The Hall–Kier alpha value is -3.83. The molecule has 1 amide bonds. The van der Waals surface area contributed by atoms with Gasteiger partial charge >= 0.3 is 11.9 Å². The van der Waals surface area contributed by atoms with Gasteiger partial charge in [0.1, 0.15) is 6.10 Å². The van der Waals surface area contributed by atoms with E-state index in [4.69, 9.17) is 23.7 Å². The molecule has 3 aliphatic heterocycles. The summed E-state index contributed by atoms with van der Waals surface area (Å²) in [6, 6.07) is 8.53. The molecule has 3 heterocycles. The van der Waals surface area contributed by atoms with Gasteiger partial charge in [0.25, 0.3) is 0 Å². The standard InChI is InChI=1S/C33H43N3O8/c1-40-28-21-25-22-29(31(28)41-2)42-18-3-6-26(44-33(39)24-7-9-27-23(20-24)8-10-30(37)34-27)11-15-36-13-4-12-35(16-17-36)14-5-19-43-32(25)38/h7,9,20-22,26H,3-6,8,10-19H2,1-2H3,(H,34,37). The Bertz CT molecular complexity index is 1330. The van der Waals surface area contributed by atoms with Crippen molar-refractivity contribution in [3.8, 4) is 17.2 Å². The first-order valence-electron chi connectivity index (χ1n) is 15.6. The van der Waals surface area contributed by atoms with Crippen molar-refractivity contribution in [2.24, 2.45) is 0 Å². The van der Waals surface area contributed by atoms with Crippen LogP contribution < -0.4 is 19.5 Å². The number of rotatable bonds is 4. The first-order chi connectivity index (χ1) is 21.4. The van der Waals surface area contributed by atoms with Crippen molar-refractivity contribution < 1.29 is 38.1 Å². The molecule has 4 bridgehead atoms. The van der Waals surface area contributed by atoms with Gasteiger partial charge in [0.05, 0.1) is 38.6 Å². The molecule has 2 aromatic rings. The van der Waals surface area contributed by atoms with Gasteiger partial charge < -0.3 is 38.8 Å². The van der Waals surface area contributed by atoms with E-state index in [0.717, 1.165) is 63.4 Å². The van der Waals surface area contributed by atoms with Crippen molar-refractivity contribution in [2.75, 3.05) is 72.0 Å². The van der Waals surface area contributed by atoms with Gasteiger partial charge in [0.15, 0.2) is 11.5 Å². The van der Waals surface area contributed by atoms with Crippen molar-refractivity contribution in [2.45, 2.75) is 51.0 Å². The van der Waals surface area contributed by atoms with Crippen LogP contribution in [0.15, 0.2) is 30.3 Å². The van der Waals surface area contributed by atoms with E-state index in [9.17, 15) is 14.4 Å². The lowest BCUT2D eigenvalue weighted by molar-refractivity contribution is -0.116. The molecule has 11 nitrogen and oxygen atoms in total. The summed E-state index contributed by atoms with van der Waals surface area (Å²) in [4.78, 5) is 42.8. The molecule has 238 valence electrons. The Morgan fingerprint density at radius 1 is 0.841 bits per heavy atom. The number of nitrogens with one attached hydrogen (secondary N) is 1. The molecule has 3 aliphatic rings. The molecular weight excluding hydrogens is 566 g/mol. The number of amides is 1. The van der Waals surface area contributed by atoms with Crippen LogP contribution in [0.2, 0.25) is 0 Å². The van der Waals surface area contributed by atoms with Gasteiger partial charge in [-0.15, -0.1) is 0 Å². The van der Waals surface area contributed by atoms with Crippen LogP contribution >= 0.6 is 0 Å². The molecule has 0 saturated carbocycles. The molecule has 44 heavy (non-hydrogen) atoms. The third kappa shape index (κ3) is 8.21. The van der Waals surface area contributed by atoms with E-state index in [1.54, 1.807) is 24.3 Å². The Morgan fingerprint density at radius 3 is 2.41 bits per heavy atom.